The summed E-state index contributed by atoms with van der Waals surface area (Å²) < 4.78 is 0.978. The van der Waals surface area contributed by atoms with E-state index in [1.165, 1.54) is 0 Å². The summed E-state index contributed by atoms with van der Waals surface area (Å²) in [5.74, 6) is 0. The van der Waals surface area contributed by atoms with Crippen molar-refractivity contribution in [2.24, 2.45) is 5.73 Å². The van der Waals surface area contributed by atoms with Crippen LogP contribution in [0.1, 0.15) is 22.3 Å². The molecule has 0 bridgehead atoms. The van der Waals surface area contributed by atoms with Gasteiger partial charge in [0.1, 0.15) is 0 Å². The molecule has 0 aromatic carbocycles. The Balaban J connectivity index is 2.10. The van der Waals surface area contributed by atoms with Gasteiger partial charge in [-0.2, -0.15) is 0 Å². The maximum atomic E-state index is 6.09. The molecule has 0 amide bonds. The van der Waals surface area contributed by atoms with Crippen LogP contribution < -0.4 is 5.73 Å². The third-order valence-corrected chi connectivity index (χ3v) is 3.46. The van der Waals surface area contributed by atoms with Gasteiger partial charge < -0.3 is 5.73 Å². The zero-order chi connectivity index (χ0) is 11.5. The quantitative estimate of drug-likeness (QED) is 0.948. The molecule has 16 heavy (non-hydrogen) atoms. The van der Waals surface area contributed by atoms with Crippen LogP contribution in [-0.4, -0.2) is 9.97 Å². The maximum Gasteiger partial charge on any atom is 0.0898 e. The van der Waals surface area contributed by atoms with Crippen LogP contribution in [0, 0.1) is 6.92 Å². The summed E-state index contributed by atoms with van der Waals surface area (Å²) in [6.07, 6.45) is 4.36. The van der Waals surface area contributed by atoms with E-state index in [4.69, 9.17) is 5.73 Å². The topological polar surface area (TPSA) is 51.8 Å². The van der Waals surface area contributed by atoms with Crippen LogP contribution in [-0.2, 0) is 6.42 Å². The lowest BCUT2D eigenvalue weighted by Crippen LogP contribution is -2.13. The highest BCUT2D eigenvalue weighted by Gasteiger charge is 2.10. The van der Waals surface area contributed by atoms with Crippen LogP contribution in [0.4, 0.5) is 0 Å². The van der Waals surface area contributed by atoms with Crippen LogP contribution >= 0.6 is 27.3 Å². The van der Waals surface area contributed by atoms with Crippen LogP contribution in [0.25, 0.3) is 0 Å². The summed E-state index contributed by atoms with van der Waals surface area (Å²) in [5.41, 5.74) is 8.17. The van der Waals surface area contributed by atoms with Crippen molar-refractivity contribution >= 4 is 27.3 Å². The Morgan fingerprint density at radius 2 is 2.31 bits per heavy atom. The molecule has 0 aliphatic heterocycles. The molecule has 0 aliphatic rings. The average molecular weight is 298 g/mol. The van der Waals surface area contributed by atoms with Crippen molar-refractivity contribution in [1.29, 1.82) is 0 Å². The van der Waals surface area contributed by atoms with Crippen molar-refractivity contribution in [3.63, 3.8) is 0 Å². The first kappa shape index (κ1) is 11.7. The van der Waals surface area contributed by atoms with Gasteiger partial charge in [-0.15, -0.1) is 11.3 Å². The van der Waals surface area contributed by atoms with E-state index in [9.17, 15) is 0 Å². The molecule has 84 valence electrons. The Bertz CT molecular complexity index is 484. The third-order valence-electron chi connectivity index (χ3n) is 2.23. The highest BCUT2D eigenvalue weighted by molar-refractivity contribution is 9.10. The summed E-state index contributed by atoms with van der Waals surface area (Å²) in [7, 11) is 0. The van der Waals surface area contributed by atoms with Crippen molar-refractivity contribution < 1.29 is 0 Å². The Morgan fingerprint density at radius 3 is 2.94 bits per heavy atom. The number of hydrogen-bond donors (Lipinski definition) is 1. The van der Waals surface area contributed by atoms with Gasteiger partial charge in [-0.05, 0) is 40.9 Å². The number of pyridine rings is 1. The van der Waals surface area contributed by atoms with E-state index < -0.39 is 0 Å². The molecule has 1 unspecified atom stereocenters. The Morgan fingerprint density at radius 1 is 1.50 bits per heavy atom. The highest BCUT2D eigenvalue weighted by atomic mass is 79.9. The van der Waals surface area contributed by atoms with Crippen molar-refractivity contribution in [2.75, 3.05) is 0 Å². The summed E-state index contributed by atoms with van der Waals surface area (Å²) in [4.78, 5) is 8.51. The molecule has 0 saturated carbocycles. The predicted octanol–water partition coefficient (Wildman–Crippen LogP) is 2.85. The number of aryl methyl sites for hydroxylation is 1. The largest absolute Gasteiger partial charge is 0.322 e. The Kier molecular flexibility index (Phi) is 3.68. The fraction of sp³-hybridized carbons (Fsp3) is 0.273. The molecule has 2 aromatic rings. The fourth-order valence-corrected chi connectivity index (χ4v) is 2.57. The minimum atomic E-state index is -0.0546. The molecule has 2 heterocycles. The van der Waals surface area contributed by atoms with Gasteiger partial charge in [0, 0.05) is 22.2 Å². The lowest BCUT2D eigenvalue weighted by Gasteiger charge is -2.08. The van der Waals surface area contributed by atoms with Crippen LogP contribution in [0.2, 0.25) is 0 Å². The third kappa shape index (κ3) is 2.87. The summed E-state index contributed by atoms with van der Waals surface area (Å²) in [6.45, 7) is 1.99. The van der Waals surface area contributed by atoms with E-state index in [0.717, 1.165) is 27.2 Å². The van der Waals surface area contributed by atoms with Crippen molar-refractivity contribution in [2.45, 2.75) is 19.4 Å². The van der Waals surface area contributed by atoms with Crippen molar-refractivity contribution in [1.82, 2.24) is 9.97 Å². The van der Waals surface area contributed by atoms with Crippen LogP contribution in [0.15, 0.2) is 28.3 Å². The standard InChI is InChI=1S/C11H12BrN3S/c1-7-15-11(6-16-7)10(13)3-8-2-9(12)5-14-4-8/h2,4-6,10H,3,13H2,1H3. The van der Waals surface area contributed by atoms with E-state index in [2.05, 4.69) is 25.9 Å². The van der Waals surface area contributed by atoms with Gasteiger partial charge >= 0.3 is 0 Å². The van der Waals surface area contributed by atoms with Gasteiger partial charge in [-0.1, -0.05) is 0 Å². The summed E-state index contributed by atoms with van der Waals surface area (Å²) in [6, 6.07) is 1.98. The number of halogens is 1. The first-order chi connectivity index (χ1) is 7.65. The van der Waals surface area contributed by atoms with E-state index in [1.807, 2.05) is 24.6 Å². The monoisotopic (exact) mass is 297 g/mol. The fourth-order valence-electron chi connectivity index (χ4n) is 1.48. The molecule has 0 spiro atoms. The van der Waals surface area contributed by atoms with E-state index in [0.29, 0.717) is 0 Å². The molecule has 5 heteroatoms. The van der Waals surface area contributed by atoms with Gasteiger partial charge in [0.2, 0.25) is 0 Å². The number of aromatic nitrogens is 2. The average Bonchev–Trinajstić information content (AvgIpc) is 2.65. The van der Waals surface area contributed by atoms with Crippen LogP contribution in [0.3, 0.4) is 0 Å². The predicted molar refractivity (Wildman–Crippen MR) is 69.4 cm³/mol. The lowest BCUT2D eigenvalue weighted by atomic mass is 10.1. The molecule has 0 fully saturated rings. The van der Waals surface area contributed by atoms with E-state index >= 15 is 0 Å². The van der Waals surface area contributed by atoms with Gasteiger partial charge in [-0.25, -0.2) is 4.98 Å². The first-order valence-electron chi connectivity index (χ1n) is 4.92. The maximum absolute atomic E-state index is 6.09. The highest BCUT2D eigenvalue weighted by Crippen LogP contribution is 2.19. The summed E-state index contributed by atoms with van der Waals surface area (Å²) in [5, 5.41) is 3.07. The minimum absolute atomic E-state index is 0.0546. The van der Waals surface area contributed by atoms with Gasteiger partial charge in [0.25, 0.3) is 0 Å². The Labute approximate surface area is 107 Å². The first-order valence-corrected chi connectivity index (χ1v) is 6.59. The molecule has 1 atom stereocenters. The van der Waals surface area contributed by atoms with Gasteiger partial charge in [0.05, 0.1) is 16.7 Å². The number of nitrogens with two attached hydrogens (primary N) is 1. The molecule has 2 aromatic heterocycles. The molecular weight excluding hydrogens is 286 g/mol. The number of nitrogens with zero attached hydrogens (tertiary/aromatic N) is 2. The lowest BCUT2D eigenvalue weighted by molar-refractivity contribution is 0.698. The number of rotatable bonds is 3. The Hall–Kier alpha value is -0.780. The molecule has 0 aliphatic carbocycles. The summed E-state index contributed by atoms with van der Waals surface area (Å²) >= 11 is 5.03. The molecule has 2 rings (SSSR count). The normalized spacial score (nSPS) is 12.7. The minimum Gasteiger partial charge on any atom is -0.322 e. The van der Waals surface area contributed by atoms with Gasteiger partial charge in [-0.3, -0.25) is 4.98 Å². The SMILES string of the molecule is Cc1nc(C(N)Cc2cncc(Br)c2)cs1. The van der Waals surface area contributed by atoms with E-state index in [-0.39, 0.29) is 6.04 Å². The molecule has 0 saturated heterocycles. The molecule has 2 N–H and O–H groups in total. The number of thiazole rings is 1. The second-order valence-corrected chi connectivity index (χ2v) is 5.59. The van der Waals surface area contributed by atoms with Gasteiger partial charge in [0.15, 0.2) is 0 Å². The zero-order valence-electron chi connectivity index (χ0n) is 8.85. The van der Waals surface area contributed by atoms with E-state index in [1.54, 1.807) is 17.5 Å². The van der Waals surface area contributed by atoms with Crippen molar-refractivity contribution in [3.8, 4) is 0 Å². The zero-order valence-corrected chi connectivity index (χ0v) is 11.3. The smallest absolute Gasteiger partial charge is 0.0898 e. The second-order valence-electron chi connectivity index (χ2n) is 3.61. The second kappa shape index (κ2) is 5.03. The van der Waals surface area contributed by atoms with Crippen LogP contribution in [0.5, 0.6) is 0 Å². The molecule has 0 radical (unpaired) electrons. The van der Waals surface area contributed by atoms with Crippen molar-refractivity contribution in [3.05, 3.63) is 44.6 Å². The number of hydrogen-bond acceptors (Lipinski definition) is 4. The molecule has 3 nitrogen and oxygen atoms in total. The molecular formula is C11H12BrN3S.